The zero-order valence-corrected chi connectivity index (χ0v) is 16.3. The monoisotopic (exact) mass is 350 g/mol. The maximum atomic E-state index is 12.6. The van der Waals surface area contributed by atoms with Gasteiger partial charge in [0.15, 0.2) is 5.65 Å². The van der Waals surface area contributed by atoms with Gasteiger partial charge in [0.25, 0.3) is 5.56 Å². The second-order valence-corrected chi connectivity index (χ2v) is 8.85. The molecule has 0 bridgehead atoms. The number of aryl methyl sites for hydroxylation is 1. The van der Waals surface area contributed by atoms with Gasteiger partial charge in [-0.15, -0.1) is 11.8 Å². The fraction of sp³-hybridized carbons (Fsp3) is 0.647. The average molecular weight is 350 g/mol. The molecule has 0 aromatic carbocycles. The van der Waals surface area contributed by atoms with Crippen molar-refractivity contribution in [1.82, 2.24) is 19.1 Å². The molecule has 0 saturated carbocycles. The van der Waals surface area contributed by atoms with Crippen molar-refractivity contribution in [1.29, 1.82) is 0 Å². The molecule has 0 spiro atoms. The average Bonchev–Trinajstić information content (AvgIpc) is 2.48. The zero-order valence-electron chi connectivity index (χ0n) is 15.5. The van der Waals surface area contributed by atoms with Crippen LogP contribution in [0.2, 0.25) is 0 Å². The van der Waals surface area contributed by atoms with Gasteiger partial charge in [-0.3, -0.25) is 13.9 Å². The Morgan fingerprint density at radius 2 is 1.75 bits per heavy atom. The Morgan fingerprint density at radius 3 is 2.29 bits per heavy atom. The smallest absolute Gasteiger partial charge is 0.280 e. The summed E-state index contributed by atoms with van der Waals surface area (Å²) in [6, 6.07) is 0. The van der Waals surface area contributed by atoms with Crippen LogP contribution in [0.5, 0.6) is 0 Å². The van der Waals surface area contributed by atoms with E-state index in [0.717, 1.165) is 11.0 Å². The number of hydrogen-bond acceptors (Lipinski definition) is 5. The van der Waals surface area contributed by atoms with Crippen LogP contribution in [-0.2, 0) is 20.5 Å². The van der Waals surface area contributed by atoms with Crippen molar-refractivity contribution in [3.8, 4) is 0 Å². The summed E-state index contributed by atoms with van der Waals surface area (Å²) in [7, 11) is 3.14. The van der Waals surface area contributed by atoms with Gasteiger partial charge in [0.1, 0.15) is 16.2 Å². The van der Waals surface area contributed by atoms with Crippen molar-refractivity contribution in [3.05, 3.63) is 26.7 Å². The molecule has 2 rings (SSSR count). The minimum atomic E-state index is -0.368. The number of fused-ring (bicyclic) bond motifs is 1. The van der Waals surface area contributed by atoms with Gasteiger partial charge in [0.2, 0.25) is 0 Å². The third-order valence-corrected chi connectivity index (χ3v) is 5.14. The summed E-state index contributed by atoms with van der Waals surface area (Å²) >= 11 is 1.57. The summed E-state index contributed by atoms with van der Waals surface area (Å²) in [5, 5.41) is 1.43. The van der Waals surface area contributed by atoms with E-state index in [0.29, 0.717) is 33.6 Å². The van der Waals surface area contributed by atoms with Crippen LogP contribution in [0.4, 0.5) is 0 Å². The highest BCUT2D eigenvalue weighted by atomic mass is 32.2. The molecule has 0 aliphatic carbocycles. The van der Waals surface area contributed by atoms with E-state index in [1.54, 1.807) is 18.8 Å². The number of thioether (sulfide) groups is 1. The lowest BCUT2D eigenvalue weighted by atomic mass is 9.92. The van der Waals surface area contributed by atoms with E-state index >= 15 is 0 Å². The lowest BCUT2D eigenvalue weighted by Gasteiger charge is -2.19. The Labute approximate surface area is 146 Å². The molecule has 1 atom stereocenters. The van der Waals surface area contributed by atoms with Gasteiger partial charge in [-0.25, -0.2) is 14.8 Å². The molecule has 0 N–H and O–H groups in total. The molecule has 7 heteroatoms. The molecule has 0 fully saturated rings. The lowest BCUT2D eigenvalue weighted by molar-refractivity contribution is 0.399. The highest BCUT2D eigenvalue weighted by molar-refractivity contribution is 8.00. The quantitative estimate of drug-likeness (QED) is 0.626. The molecule has 0 aliphatic heterocycles. The molecule has 0 unspecified atom stereocenters. The summed E-state index contributed by atoms with van der Waals surface area (Å²) in [5.74, 6) is 0.670. The van der Waals surface area contributed by atoms with E-state index in [1.165, 1.54) is 11.6 Å². The number of hydrogen-bond donors (Lipinski definition) is 0. The van der Waals surface area contributed by atoms with Gasteiger partial charge < -0.3 is 0 Å². The maximum Gasteiger partial charge on any atom is 0.332 e. The van der Waals surface area contributed by atoms with E-state index < -0.39 is 0 Å². The predicted octanol–water partition coefficient (Wildman–Crippen LogP) is 2.51. The van der Waals surface area contributed by atoms with Gasteiger partial charge in [0.05, 0.1) is 0 Å². The van der Waals surface area contributed by atoms with Crippen molar-refractivity contribution >= 4 is 22.8 Å². The van der Waals surface area contributed by atoms with Crippen molar-refractivity contribution in [2.75, 3.05) is 0 Å². The fourth-order valence-corrected chi connectivity index (χ4v) is 3.39. The Hall–Kier alpha value is -1.63. The van der Waals surface area contributed by atoms with E-state index in [1.807, 2.05) is 0 Å². The summed E-state index contributed by atoms with van der Waals surface area (Å²) in [5.41, 5.74) is -0.262. The molecule has 2 aromatic heterocycles. The standard InChI is InChI=1S/C17H26N4O2S/c1-8-10(2)24-14-12-13(18-11(19-14)9-17(3,4)5)20(6)16(23)21(7)15(12)22/h10H,8-9H2,1-7H3/t10-/m0/s1. The molecule has 2 heterocycles. The molecule has 24 heavy (non-hydrogen) atoms. The largest absolute Gasteiger partial charge is 0.332 e. The molecule has 0 radical (unpaired) electrons. The SMILES string of the molecule is CC[C@H](C)Sc1nc(CC(C)(C)C)nc2c1c(=O)n(C)c(=O)n2C. The topological polar surface area (TPSA) is 69.8 Å². The van der Waals surface area contributed by atoms with E-state index in [9.17, 15) is 9.59 Å². The van der Waals surface area contributed by atoms with Crippen LogP contribution in [0.1, 0.15) is 46.9 Å². The normalized spacial score (nSPS) is 13.5. The number of aromatic nitrogens is 4. The van der Waals surface area contributed by atoms with Crippen LogP contribution in [0.25, 0.3) is 11.0 Å². The highest BCUT2D eigenvalue weighted by Crippen LogP contribution is 2.29. The summed E-state index contributed by atoms with van der Waals surface area (Å²) < 4.78 is 2.56. The molecular formula is C17H26N4O2S. The van der Waals surface area contributed by atoms with Crippen molar-refractivity contribution in [2.24, 2.45) is 19.5 Å². The molecule has 0 aliphatic rings. The highest BCUT2D eigenvalue weighted by Gasteiger charge is 2.21. The first kappa shape index (κ1) is 18.7. The lowest BCUT2D eigenvalue weighted by Crippen LogP contribution is -2.38. The first-order chi connectivity index (χ1) is 11.0. The van der Waals surface area contributed by atoms with Crippen LogP contribution < -0.4 is 11.2 Å². The van der Waals surface area contributed by atoms with Gasteiger partial charge >= 0.3 is 5.69 Å². The minimum Gasteiger partial charge on any atom is -0.280 e. The number of rotatable bonds is 4. The van der Waals surface area contributed by atoms with Gasteiger partial charge in [-0.2, -0.15) is 0 Å². The first-order valence-corrected chi connectivity index (χ1v) is 9.06. The Kier molecular flexibility index (Phi) is 5.22. The fourth-order valence-electron chi connectivity index (χ4n) is 2.38. The second-order valence-electron chi connectivity index (χ2n) is 7.42. The van der Waals surface area contributed by atoms with Crippen molar-refractivity contribution in [3.63, 3.8) is 0 Å². The molecule has 2 aromatic rings. The van der Waals surface area contributed by atoms with Crippen LogP contribution in [0, 0.1) is 5.41 Å². The number of nitrogens with zero attached hydrogens (tertiary/aromatic N) is 4. The van der Waals surface area contributed by atoms with E-state index in [2.05, 4.69) is 44.6 Å². The van der Waals surface area contributed by atoms with Crippen LogP contribution >= 0.6 is 11.8 Å². The van der Waals surface area contributed by atoms with Crippen LogP contribution in [-0.4, -0.2) is 24.4 Å². The van der Waals surface area contributed by atoms with Gasteiger partial charge in [-0.05, 0) is 11.8 Å². The van der Waals surface area contributed by atoms with Crippen LogP contribution in [0.15, 0.2) is 14.6 Å². The Morgan fingerprint density at radius 1 is 1.12 bits per heavy atom. The van der Waals surface area contributed by atoms with Crippen LogP contribution in [0.3, 0.4) is 0 Å². The Balaban J connectivity index is 2.83. The van der Waals surface area contributed by atoms with Gasteiger partial charge in [-0.1, -0.05) is 34.6 Å². The first-order valence-electron chi connectivity index (χ1n) is 8.18. The zero-order chi connectivity index (χ0) is 18.2. The third kappa shape index (κ3) is 3.71. The molecule has 132 valence electrons. The van der Waals surface area contributed by atoms with E-state index in [-0.39, 0.29) is 16.7 Å². The summed E-state index contributed by atoms with van der Waals surface area (Å²) in [6.45, 7) is 10.6. The molecular weight excluding hydrogens is 324 g/mol. The second kappa shape index (κ2) is 6.70. The predicted molar refractivity (Wildman–Crippen MR) is 98.8 cm³/mol. The Bertz CT molecular complexity index is 877. The van der Waals surface area contributed by atoms with Crippen molar-refractivity contribution < 1.29 is 0 Å². The minimum absolute atomic E-state index is 0.0184. The third-order valence-electron chi connectivity index (χ3n) is 3.89. The van der Waals surface area contributed by atoms with E-state index in [4.69, 9.17) is 0 Å². The van der Waals surface area contributed by atoms with Gasteiger partial charge in [0, 0.05) is 25.8 Å². The molecule has 6 nitrogen and oxygen atoms in total. The summed E-state index contributed by atoms with van der Waals surface area (Å²) in [4.78, 5) is 34.1. The molecule has 0 saturated heterocycles. The molecule has 0 amide bonds. The van der Waals surface area contributed by atoms with Crippen molar-refractivity contribution in [2.45, 2.75) is 57.7 Å². The maximum absolute atomic E-state index is 12.6. The summed E-state index contributed by atoms with van der Waals surface area (Å²) in [6.07, 6.45) is 1.65.